The third-order valence-electron chi connectivity index (χ3n) is 3.35. The Kier molecular flexibility index (Phi) is 5.21. The molecule has 0 saturated carbocycles. The molecule has 2 rings (SSSR count). The number of para-hydroxylation sites is 1. The van der Waals surface area contributed by atoms with Gasteiger partial charge in [-0.3, -0.25) is 0 Å². The molecule has 1 aromatic carbocycles. The van der Waals surface area contributed by atoms with Crippen LogP contribution >= 0.6 is 11.3 Å². The highest BCUT2D eigenvalue weighted by Crippen LogP contribution is 2.28. The van der Waals surface area contributed by atoms with Gasteiger partial charge in [-0.15, -0.1) is 11.3 Å². The van der Waals surface area contributed by atoms with Crippen molar-refractivity contribution in [1.29, 1.82) is 0 Å². The number of nitrogens with one attached hydrogen (secondary N) is 1. The van der Waals surface area contributed by atoms with Gasteiger partial charge in [-0.2, -0.15) is 0 Å². The Morgan fingerprint density at radius 3 is 2.70 bits per heavy atom. The number of ether oxygens (including phenoxy) is 1. The second kappa shape index (κ2) is 6.91. The zero-order valence-corrected chi connectivity index (χ0v) is 13.5. The summed E-state index contributed by atoms with van der Waals surface area (Å²) in [6, 6.07) is 10.6. The summed E-state index contributed by atoms with van der Waals surface area (Å²) in [5.74, 6) is 1.48. The van der Waals surface area contributed by atoms with E-state index in [0.717, 1.165) is 12.3 Å². The van der Waals surface area contributed by atoms with Gasteiger partial charge in [0.1, 0.15) is 12.4 Å². The highest BCUT2D eigenvalue weighted by molar-refractivity contribution is 7.12. The molecule has 1 N–H and O–H groups in total. The Labute approximate surface area is 125 Å². The maximum Gasteiger partial charge on any atom is 0.123 e. The van der Waals surface area contributed by atoms with Gasteiger partial charge in [0.05, 0.1) is 0 Å². The molecule has 0 saturated heterocycles. The van der Waals surface area contributed by atoms with Gasteiger partial charge in [0, 0.05) is 21.9 Å². The van der Waals surface area contributed by atoms with E-state index in [-0.39, 0.29) is 0 Å². The summed E-state index contributed by atoms with van der Waals surface area (Å²) >= 11 is 1.84. The van der Waals surface area contributed by atoms with Crippen molar-refractivity contribution >= 4 is 11.3 Å². The van der Waals surface area contributed by atoms with Crippen molar-refractivity contribution in [2.24, 2.45) is 0 Å². The fourth-order valence-electron chi connectivity index (χ4n) is 2.24. The van der Waals surface area contributed by atoms with Gasteiger partial charge in [-0.25, -0.2) is 0 Å². The summed E-state index contributed by atoms with van der Waals surface area (Å²) in [5.41, 5.74) is 2.56. The van der Waals surface area contributed by atoms with Crippen LogP contribution in [0.2, 0.25) is 0 Å². The van der Waals surface area contributed by atoms with E-state index in [4.69, 9.17) is 4.74 Å². The van der Waals surface area contributed by atoms with Crippen LogP contribution in [0.3, 0.4) is 0 Å². The number of benzene rings is 1. The maximum absolute atomic E-state index is 6.04. The minimum atomic E-state index is 0.481. The van der Waals surface area contributed by atoms with Gasteiger partial charge in [0.25, 0.3) is 0 Å². The molecule has 0 radical (unpaired) electrons. The summed E-state index contributed by atoms with van der Waals surface area (Å²) in [6.07, 6.45) is 0. The van der Waals surface area contributed by atoms with Crippen molar-refractivity contribution in [1.82, 2.24) is 5.32 Å². The molecule has 0 aliphatic carbocycles. The standard InChI is InChI=1S/C17H23NOS/c1-12(2)16-7-5-6-8-17(16)19-11-14-9-15(10-18-4)20-13(14)3/h5-9,12,18H,10-11H2,1-4H3. The zero-order chi connectivity index (χ0) is 14.5. The van der Waals surface area contributed by atoms with E-state index >= 15 is 0 Å². The van der Waals surface area contributed by atoms with Crippen LogP contribution in [0.5, 0.6) is 5.75 Å². The van der Waals surface area contributed by atoms with Crippen LogP contribution in [0.1, 0.15) is 40.6 Å². The van der Waals surface area contributed by atoms with Crippen LogP contribution in [0.4, 0.5) is 0 Å². The molecule has 0 amide bonds. The van der Waals surface area contributed by atoms with Crippen LogP contribution in [0.25, 0.3) is 0 Å². The number of hydrogen-bond acceptors (Lipinski definition) is 3. The van der Waals surface area contributed by atoms with Crippen molar-refractivity contribution in [3.63, 3.8) is 0 Å². The minimum Gasteiger partial charge on any atom is -0.489 e. The van der Waals surface area contributed by atoms with Crippen LogP contribution in [-0.2, 0) is 13.2 Å². The number of rotatable bonds is 6. The maximum atomic E-state index is 6.04. The molecule has 20 heavy (non-hydrogen) atoms. The highest BCUT2D eigenvalue weighted by Gasteiger charge is 2.09. The van der Waals surface area contributed by atoms with E-state index in [0.29, 0.717) is 12.5 Å². The number of thiophene rings is 1. The van der Waals surface area contributed by atoms with Crippen molar-refractivity contribution in [3.05, 3.63) is 51.2 Å². The number of aryl methyl sites for hydroxylation is 1. The zero-order valence-electron chi connectivity index (χ0n) is 12.7. The molecule has 0 atom stereocenters. The second-order valence-corrected chi connectivity index (χ2v) is 6.65. The molecule has 1 heterocycles. The molecule has 0 fully saturated rings. The first-order valence-corrected chi connectivity index (χ1v) is 7.88. The molecule has 108 valence electrons. The average Bonchev–Trinajstić information content (AvgIpc) is 2.77. The first-order chi connectivity index (χ1) is 9.61. The minimum absolute atomic E-state index is 0.481. The van der Waals surface area contributed by atoms with E-state index in [1.54, 1.807) is 0 Å². The van der Waals surface area contributed by atoms with Crippen LogP contribution < -0.4 is 10.1 Å². The first kappa shape index (κ1) is 15.1. The molecule has 2 aromatic rings. The van der Waals surface area contributed by atoms with Crippen molar-refractivity contribution in [2.45, 2.75) is 39.8 Å². The lowest BCUT2D eigenvalue weighted by molar-refractivity contribution is 0.301. The summed E-state index contributed by atoms with van der Waals surface area (Å²) in [5, 5.41) is 3.19. The van der Waals surface area contributed by atoms with Crippen molar-refractivity contribution in [2.75, 3.05) is 7.05 Å². The summed E-state index contributed by atoms with van der Waals surface area (Å²) < 4.78 is 6.04. The fourth-order valence-corrected chi connectivity index (χ4v) is 3.30. The normalized spacial score (nSPS) is 11.1. The molecule has 0 aliphatic heterocycles. The van der Waals surface area contributed by atoms with Crippen molar-refractivity contribution < 1.29 is 4.74 Å². The topological polar surface area (TPSA) is 21.3 Å². The lowest BCUT2D eigenvalue weighted by atomic mass is 10.0. The monoisotopic (exact) mass is 289 g/mol. The van der Waals surface area contributed by atoms with E-state index in [1.165, 1.54) is 20.9 Å². The molecule has 0 spiro atoms. The van der Waals surface area contributed by atoms with Gasteiger partial charge in [0.15, 0.2) is 0 Å². The first-order valence-electron chi connectivity index (χ1n) is 7.06. The SMILES string of the molecule is CNCc1cc(COc2ccccc2C(C)C)c(C)s1. The Morgan fingerprint density at radius 2 is 2.00 bits per heavy atom. The van der Waals surface area contributed by atoms with Gasteiger partial charge < -0.3 is 10.1 Å². The van der Waals surface area contributed by atoms with E-state index < -0.39 is 0 Å². The molecule has 0 bridgehead atoms. The Hall–Kier alpha value is -1.32. The summed E-state index contributed by atoms with van der Waals surface area (Å²) in [6.45, 7) is 8.13. The van der Waals surface area contributed by atoms with E-state index in [2.05, 4.69) is 50.4 Å². The lowest BCUT2D eigenvalue weighted by Crippen LogP contribution is -2.03. The quantitative estimate of drug-likeness (QED) is 0.846. The molecular weight excluding hydrogens is 266 g/mol. The number of hydrogen-bond donors (Lipinski definition) is 1. The molecule has 0 unspecified atom stereocenters. The van der Waals surface area contributed by atoms with Gasteiger partial charge in [-0.05, 0) is 37.6 Å². The van der Waals surface area contributed by atoms with Crippen molar-refractivity contribution in [3.8, 4) is 5.75 Å². The van der Waals surface area contributed by atoms with Gasteiger partial charge in [-0.1, -0.05) is 32.0 Å². The van der Waals surface area contributed by atoms with Crippen LogP contribution in [-0.4, -0.2) is 7.05 Å². The van der Waals surface area contributed by atoms with Gasteiger partial charge in [0.2, 0.25) is 0 Å². The second-order valence-electron chi connectivity index (χ2n) is 5.31. The predicted octanol–water partition coefficient (Wildman–Crippen LogP) is 4.48. The molecule has 0 aliphatic rings. The highest BCUT2D eigenvalue weighted by atomic mass is 32.1. The summed E-state index contributed by atoms with van der Waals surface area (Å²) in [7, 11) is 1.98. The van der Waals surface area contributed by atoms with Gasteiger partial charge >= 0.3 is 0 Å². The third kappa shape index (κ3) is 3.62. The molecule has 2 nitrogen and oxygen atoms in total. The van der Waals surface area contributed by atoms with Crippen LogP contribution in [0.15, 0.2) is 30.3 Å². The lowest BCUT2D eigenvalue weighted by Gasteiger charge is -2.13. The largest absolute Gasteiger partial charge is 0.489 e. The van der Waals surface area contributed by atoms with E-state index in [9.17, 15) is 0 Å². The molecule has 1 aromatic heterocycles. The molecule has 3 heteroatoms. The van der Waals surface area contributed by atoms with E-state index in [1.807, 2.05) is 24.5 Å². The Morgan fingerprint density at radius 1 is 1.25 bits per heavy atom. The fraction of sp³-hybridized carbons (Fsp3) is 0.412. The predicted molar refractivity (Wildman–Crippen MR) is 86.7 cm³/mol. The Balaban J connectivity index is 2.09. The molecular formula is C17H23NOS. The average molecular weight is 289 g/mol. The van der Waals surface area contributed by atoms with Crippen LogP contribution in [0, 0.1) is 6.92 Å². The summed E-state index contributed by atoms with van der Waals surface area (Å²) in [4.78, 5) is 2.71. The smallest absolute Gasteiger partial charge is 0.123 e. The third-order valence-corrected chi connectivity index (χ3v) is 4.44. The Bertz CT molecular complexity index is 560.